The van der Waals surface area contributed by atoms with E-state index < -0.39 is 5.82 Å². The third-order valence-corrected chi connectivity index (χ3v) is 4.60. The molecule has 2 aromatic carbocycles. The zero-order chi connectivity index (χ0) is 18.1. The van der Waals surface area contributed by atoms with Crippen LogP contribution in [0.5, 0.6) is 0 Å². The Bertz CT molecular complexity index is 1090. The minimum Gasteiger partial charge on any atom is -0.340 e. The van der Waals surface area contributed by atoms with E-state index in [9.17, 15) is 4.39 Å². The molecule has 0 atom stereocenters. The molecule has 26 heavy (non-hydrogen) atoms. The number of hydrogen-bond donors (Lipinski definition) is 2. The highest BCUT2D eigenvalue weighted by Crippen LogP contribution is 2.30. The maximum Gasteiger partial charge on any atom is 0.143 e. The number of anilines is 2. The Morgan fingerprint density at radius 1 is 1.08 bits per heavy atom. The lowest BCUT2D eigenvalue weighted by molar-refractivity contribution is 0.628. The molecule has 0 saturated heterocycles. The van der Waals surface area contributed by atoms with Crippen LogP contribution in [0.25, 0.3) is 22.3 Å². The summed E-state index contributed by atoms with van der Waals surface area (Å²) in [5.41, 5.74) is 4.29. The summed E-state index contributed by atoms with van der Waals surface area (Å²) >= 11 is 11.8. The fourth-order valence-electron chi connectivity index (χ4n) is 2.73. The lowest BCUT2D eigenvalue weighted by Crippen LogP contribution is -1.95. The Hall–Kier alpha value is -2.63. The molecule has 0 saturated carbocycles. The van der Waals surface area contributed by atoms with Crippen molar-refractivity contribution in [2.75, 3.05) is 5.32 Å². The summed E-state index contributed by atoms with van der Waals surface area (Å²) in [5, 5.41) is 4.03. The summed E-state index contributed by atoms with van der Waals surface area (Å²) in [5.74, 6) is 0.591. The van der Waals surface area contributed by atoms with Gasteiger partial charge < -0.3 is 10.3 Å². The van der Waals surface area contributed by atoms with Gasteiger partial charge in [-0.2, -0.15) is 0 Å². The minimum atomic E-state index is -0.465. The van der Waals surface area contributed by atoms with Gasteiger partial charge in [0.15, 0.2) is 0 Å². The SMILES string of the molecule is Fc1ccc(Nc2ncnc3[nH]c(-c4cccc(CCl)c4)cc23)cc1Cl. The van der Waals surface area contributed by atoms with Gasteiger partial charge in [-0.15, -0.1) is 11.6 Å². The summed E-state index contributed by atoms with van der Waals surface area (Å²) in [6.45, 7) is 0. The third-order valence-electron chi connectivity index (χ3n) is 4.00. The van der Waals surface area contributed by atoms with E-state index in [4.69, 9.17) is 23.2 Å². The van der Waals surface area contributed by atoms with Crippen LogP contribution in [0.2, 0.25) is 5.02 Å². The van der Waals surface area contributed by atoms with E-state index in [1.165, 1.54) is 18.5 Å². The quantitative estimate of drug-likeness (QED) is 0.429. The van der Waals surface area contributed by atoms with Gasteiger partial charge >= 0.3 is 0 Å². The molecule has 2 heterocycles. The number of aromatic amines is 1. The predicted octanol–water partition coefficient (Wildman–Crippen LogP) is 5.90. The maximum atomic E-state index is 13.3. The first-order chi connectivity index (χ1) is 12.6. The molecule has 0 aliphatic heterocycles. The van der Waals surface area contributed by atoms with Gasteiger partial charge in [-0.3, -0.25) is 0 Å². The van der Waals surface area contributed by atoms with E-state index in [1.807, 2.05) is 30.3 Å². The van der Waals surface area contributed by atoms with Crippen LogP contribution < -0.4 is 5.32 Å². The Labute approximate surface area is 159 Å². The fraction of sp³-hybridized carbons (Fsp3) is 0.0526. The average molecular weight is 387 g/mol. The molecule has 2 aromatic heterocycles. The molecule has 7 heteroatoms. The molecule has 0 aliphatic carbocycles. The summed E-state index contributed by atoms with van der Waals surface area (Å²) in [6, 6.07) is 14.4. The number of benzene rings is 2. The van der Waals surface area contributed by atoms with Crippen LogP contribution in [0.15, 0.2) is 54.9 Å². The molecule has 0 aliphatic rings. The smallest absolute Gasteiger partial charge is 0.143 e. The number of fused-ring (bicyclic) bond motifs is 1. The van der Waals surface area contributed by atoms with E-state index in [0.717, 1.165) is 22.2 Å². The molecule has 0 spiro atoms. The van der Waals surface area contributed by atoms with Crippen LogP contribution in [0.1, 0.15) is 5.56 Å². The van der Waals surface area contributed by atoms with Crippen molar-refractivity contribution in [2.45, 2.75) is 5.88 Å². The van der Waals surface area contributed by atoms with Crippen LogP contribution >= 0.6 is 23.2 Å². The number of H-pyrrole nitrogens is 1. The first kappa shape index (κ1) is 16.8. The van der Waals surface area contributed by atoms with Crippen molar-refractivity contribution in [3.05, 3.63) is 71.3 Å². The van der Waals surface area contributed by atoms with E-state index in [2.05, 4.69) is 20.3 Å². The molecule has 0 bridgehead atoms. The second-order valence-electron chi connectivity index (χ2n) is 5.76. The summed E-state index contributed by atoms with van der Waals surface area (Å²) in [7, 11) is 0. The summed E-state index contributed by atoms with van der Waals surface area (Å²) < 4.78 is 13.3. The molecular weight excluding hydrogens is 374 g/mol. The molecule has 130 valence electrons. The fourth-order valence-corrected chi connectivity index (χ4v) is 3.07. The van der Waals surface area contributed by atoms with Crippen molar-refractivity contribution in [1.82, 2.24) is 15.0 Å². The van der Waals surface area contributed by atoms with Crippen molar-refractivity contribution in [1.29, 1.82) is 0 Å². The summed E-state index contributed by atoms with van der Waals surface area (Å²) in [6.07, 6.45) is 1.46. The van der Waals surface area contributed by atoms with Crippen molar-refractivity contribution in [3.63, 3.8) is 0 Å². The van der Waals surface area contributed by atoms with E-state index in [0.29, 0.717) is 23.0 Å². The normalized spacial score (nSPS) is 11.0. The number of alkyl halides is 1. The highest BCUT2D eigenvalue weighted by Gasteiger charge is 2.11. The van der Waals surface area contributed by atoms with Crippen LogP contribution in [-0.4, -0.2) is 15.0 Å². The average Bonchev–Trinajstić information content (AvgIpc) is 3.10. The van der Waals surface area contributed by atoms with Crippen LogP contribution in [0.3, 0.4) is 0 Å². The zero-order valence-electron chi connectivity index (χ0n) is 13.4. The number of rotatable bonds is 4. The largest absolute Gasteiger partial charge is 0.340 e. The van der Waals surface area contributed by atoms with Crippen molar-refractivity contribution in [2.24, 2.45) is 0 Å². The molecule has 2 N–H and O–H groups in total. The van der Waals surface area contributed by atoms with E-state index in [1.54, 1.807) is 6.07 Å². The molecule has 0 amide bonds. The topological polar surface area (TPSA) is 53.6 Å². The van der Waals surface area contributed by atoms with Crippen molar-refractivity contribution >= 4 is 45.7 Å². The van der Waals surface area contributed by atoms with Crippen molar-refractivity contribution < 1.29 is 4.39 Å². The summed E-state index contributed by atoms with van der Waals surface area (Å²) in [4.78, 5) is 11.9. The van der Waals surface area contributed by atoms with Gasteiger partial charge in [-0.25, -0.2) is 14.4 Å². The van der Waals surface area contributed by atoms with Crippen LogP contribution in [-0.2, 0) is 5.88 Å². The molecule has 0 unspecified atom stereocenters. The predicted molar refractivity (Wildman–Crippen MR) is 104 cm³/mol. The molecule has 4 rings (SSSR count). The lowest BCUT2D eigenvalue weighted by atomic mass is 10.1. The number of aromatic nitrogens is 3. The minimum absolute atomic E-state index is 0.0490. The Morgan fingerprint density at radius 3 is 2.77 bits per heavy atom. The zero-order valence-corrected chi connectivity index (χ0v) is 14.9. The second-order valence-corrected chi connectivity index (χ2v) is 6.43. The van der Waals surface area contributed by atoms with Gasteiger partial charge in [-0.1, -0.05) is 29.8 Å². The van der Waals surface area contributed by atoms with Crippen LogP contribution in [0, 0.1) is 5.82 Å². The number of nitrogens with zero attached hydrogens (tertiary/aromatic N) is 2. The molecule has 0 fully saturated rings. The Balaban J connectivity index is 1.74. The first-order valence-corrected chi connectivity index (χ1v) is 8.76. The van der Waals surface area contributed by atoms with Gasteiger partial charge in [0.05, 0.1) is 10.4 Å². The van der Waals surface area contributed by atoms with Gasteiger partial charge in [0.2, 0.25) is 0 Å². The van der Waals surface area contributed by atoms with Gasteiger partial charge in [0.25, 0.3) is 0 Å². The van der Waals surface area contributed by atoms with E-state index >= 15 is 0 Å². The number of hydrogen-bond acceptors (Lipinski definition) is 3. The van der Waals surface area contributed by atoms with Gasteiger partial charge in [0, 0.05) is 17.3 Å². The van der Waals surface area contributed by atoms with E-state index in [-0.39, 0.29) is 5.02 Å². The standard InChI is InChI=1S/C19H13Cl2FN4/c20-9-11-2-1-3-12(6-11)17-8-14-18(23-10-24-19(14)26-17)25-13-4-5-16(22)15(21)7-13/h1-8,10H,9H2,(H2,23,24,25,26). The highest BCUT2D eigenvalue weighted by molar-refractivity contribution is 6.31. The van der Waals surface area contributed by atoms with Gasteiger partial charge in [0.1, 0.15) is 23.6 Å². The molecule has 0 radical (unpaired) electrons. The molecule has 4 aromatic rings. The third kappa shape index (κ3) is 3.23. The van der Waals surface area contributed by atoms with Crippen molar-refractivity contribution in [3.8, 4) is 11.3 Å². The molecule has 4 nitrogen and oxygen atoms in total. The Kier molecular flexibility index (Phi) is 4.49. The monoisotopic (exact) mass is 386 g/mol. The maximum absolute atomic E-state index is 13.3. The first-order valence-electron chi connectivity index (χ1n) is 7.85. The second kappa shape index (κ2) is 6.94. The van der Waals surface area contributed by atoms with Crippen LogP contribution in [0.4, 0.5) is 15.9 Å². The molecular formula is C19H13Cl2FN4. The highest BCUT2D eigenvalue weighted by atomic mass is 35.5. The lowest BCUT2D eigenvalue weighted by Gasteiger charge is -2.06. The van der Waals surface area contributed by atoms with Gasteiger partial charge in [-0.05, 0) is 41.5 Å². The Morgan fingerprint density at radius 2 is 1.96 bits per heavy atom. The number of halogens is 3. The number of nitrogens with one attached hydrogen (secondary N) is 2.